The molecule has 9 nitrogen and oxygen atoms in total. The molecule has 2 fully saturated rings. The second kappa shape index (κ2) is 10.9. The summed E-state index contributed by atoms with van der Waals surface area (Å²) in [6.45, 7) is 5.92. The summed E-state index contributed by atoms with van der Waals surface area (Å²) >= 11 is 3.13. The van der Waals surface area contributed by atoms with Crippen LogP contribution in [0.1, 0.15) is 37.7 Å². The normalized spacial score (nSPS) is 17.3. The summed E-state index contributed by atoms with van der Waals surface area (Å²) in [5.41, 5.74) is 2.85. The van der Waals surface area contributed by atoms with E-state index in [1.54, 1.807) is 22.7 Å². The van der Waals surface area contributed by atoms with Gasteiger partial charge >= 0.3 is 0 Å². The summed E-state index contributed by atoms with van der Waals surface area (Å²) in [7, 11) is 4.21. The Bertz CT molecular complexity index is 1240. The van der Waals surface area contributed by atoms with Crippen molar-refractivity contribution in [1.82, 2.24) is 24.7 Å². The fourth-order valence-electron chi connectivity index (χ4n) is 5.08. The van der Waals surface area contributed by atoms with Gasteiger partial charge in [-0.05, 0) is 59.2 Å². The van der Waals surface area contributed by atoms with Gasteiger partial charge in [-0.25, -0.2) is 9.97 Å². The van der Waals surface area contributed by atoms with Gasteiger partial charge in [0.1, 0.15) is 0 Å². The van der Waals surface area contributed by atoms with Gasteiger partial charge in [0.15, 0.2) is 10.3 Å². The van der Waals surface area contributed by atoms with Crippen molar-refractivity contribution < 1.29 is 9.59 Å². The highest BCUT2D eigenvalue weighted by Crippen LogP contribution is 2.37. The van der Waals surface area contributed by atoms with Crippen LogP contribution in [0.2, 0.25) is 0 Å². The Morgan fingerprint density at radius 1 is 0.889 bits per heavy atom. The predicted octanol–water partition coefficient (Wildman–Crippen LogP) is 3.60. The van der Waals surface area contributed by atoms with Gasteiger partial charge in [-0.1, -0.05) is 22.7 Å². The van der Waals surface area contributed by atoms with Crippen molar-refractivity contribution in [2.45, 2.75) is 45.1 Å². The zero-order valence-electron chi connectivity index (χ0n) is 21.3. The lowest BCUT2D eigenvalue weighted by Crippen LogP contribution is -2.46. The van der Waals surface area contributed by atoms with Gasteiger partial charge in [0, 0.05) is 37.8 Å². The second-order valence-corrected chi connectivity index (χ2v) is 12.0. The topological polar surface area (TPSA) is 93.7 Å². The SMILES string of the molecule is Cc1c2nc(NCC(=O)N3CCCCC3)sc2cc2sc(NCC(=O)N3CCC(N(C)C)CC3)nc12. The van der Waals surface area contributed by atoms with Crippen molar-refractivity contribution in [3.63, 3.8) is 0 Å². The van der Waals surface area contributed by atoms with Crippen molar-refractivity contribution in [2.24, 2.45) is 0 Å². The Morgan fingerprint density at radius 3 is 1.89 bits per heavy atom. The molecule has 2 saturated heterocycles. The highest BCUT2D eigenvalue weighted by molar-refractivity contribution is 7.24. The van der Waals surface area contributed by atoms with Crippen LogP contribution < -0.4 is 10.6 Å². The molecule has 2 aliphatic heterocycles. The Labute approximate surface area is 219 Å². The molecule has 3 aromatic rings. The number of rotatable bonds is 7. The van der Waals surface area contributed by atoms with E-state index in [-0.39, 0.29) is 24.9 Å². The zero-order chi connectivity index (χ0) is 25.2. The molecule has 2 aliphatic rings. The van der Waals surface area contributed by atoms with Crippen LogP contribution in [-0.2, 0) is 9.59 Å². The van der Waals surface area contributed by atoms with E-state index in [0.717, 1.165) is 88.1 Å². The second-order valence-electron chi connectivity index (χ2n) is 9.96. The third kappa shape index (κ3) is 5.42. The number of carbonyl (C=O) groups is 2. The van der Waals surface area contributed by atoms with Crippen molar-refractivity contribution in [3.8, 4) is 0 Å². The zero-order valence-corrected chi connectivity index (χ0v) is 22.9. The third-order valence-corrected chi connectivity index (χ3v) is 9.24. The summed E-state index contributed by atoms with van der Waals surface area (Å²) in [4.78, 5) is 40.9. The Hall–Kier alpha value is -2.50. The molecule has 0 atom stereocenters. The average molecular weight is 530 g/mol. The van der Waals surface area contributed by atoms with Gasteiger partial charge in [0.05, 0.1) is 33.5 Å². The molecule has 11 heteroatoms. The molecule has 36 heavy (non-hydrogen) atoms. The van der Waals surface area contributed by atoms with Crippen LogP contribution in [0, 0.1) is 6.92 Å². The van der Waals surface area contributed by atoms with Crippen molar-refractivity contribution in [1.29, 1.82) is 0 Å². The quantitative estimate of drug-likeness (QED) is 0.483. The molecule has 2 N–H and O–H groups in total. The van der Waals surface area contributed by atoms with Crippen LogP contribution in [0.5, 0.6) is 0 Å². The standard InChI is InChI=1S/C25H35N7O2S2/c1-16-22-18(35-24(28-22)26-14-20(33)31-9-5-4-6-10-31)13-19-23(16)29-25(36-19)27-15-21(34)32-11-7-17(8-12-32)30(2)3/h13,17H,4-12,14-15H2,1-3H3,(H,26,28)(H,27,29). The number of anilines is 2. The van der Waals surface area contributed by atoms with Crippen molar-refractivity contribution in [2.75, 3.05) is 64.0 Å². The first-order valence-electron chi connectivity index (χ1n) is 12.8. The van der Waals surface area contributed by atoms with E-state index in [9.17, 15) is 9.59 Å². The van der Waals surface area contributed by atoms with Crippen LogP contribution in [0.25, 0.3) is 20.4 Å². The molecule has 0 bridgehead atoms. The van der Waals surface area contributed by atoms with Gasteiger partial charge in [-0.3, -0.25) is 9.59 Å². The molecule has 5 rings (SSSR count). The number of benzene rings is 1. The van der Waals surface area contributed by atoms with E-state index in [1.807, 2.05) is 16.7 Å². The average Bonchev–Trinajstić information content (AvgIpc) is 3.50. The molecule has 2 amide bonds. The number of aromatic nitrogens is 2. The number of thiazole rings is 2. The minimum atomic E-state index is 0.126. The minimum absolute atomic E-state index is 0.126. The van der Waals surface area contributed by atoms with E-state index in [0.29, 0.717) is 6.04 Å². The highest BCUT2D eigenvalue weighted by Gasteiger charge is 2.24. The maximum absolute atomic E-state index is 12.7. The first-order chi connectivity index (χ1) is 17.4. The van der Waals surface area contributed by atoms with Gasteiger partial charge in [0.2, 0.25) is 11.8 Å². The number of likely N-dealkylation sites (tertiary alicyclic amines) is 2. The van der Waals surface area contributed by atoms with Crippen LogP contribution in [0.4, 0.5) is 10.3 Å². The number of amides is 2. The van der Waals surface area contributed by atoms with E-state index in [1.165, 1.54) is 6.42 Å². The van der Waals surface area contributed by atoms with Gasteiger partial charge in [-0.15, -0.1) is 0 Å². The van der Waals surface area contributed by atoms with Crippen molar-refractivity contribution in [3.05, 3.63) is 11.6 Å². The number of nitrogens with one attached hydrogen (secondary N) is 2. The molecule has 2 aromatic heterocycles. The summed E-state index contributed by atoms with van der Waals surface area (Å²) < 4.78 is 2.14. The monoisotopic (exact) mass is 529 g/mol. The molecule has 194 valence electrons. The Balaban J connectivity index is 1.21. The van der Waals surface area contributed by atoms with E-state index in [2.05, 4.69) is 35.7 Å². The molecular formula is C25H35N7O2S2. The maximum atomic E-state index is 12.7. The lowest BCUT2D eigenvalue weighted by molar-refractivity contribution is -0.131. The number of nitrogens with zero attached hydrogens (tertiary/aromatic N) is 5. The fourth-order valence-corrected chi connectivity index (χ4v) is 7.08. The first kappa shape index (κ1) is 25.2. The Kier molecular flexibility index (Phi) is 7.59. The smallest absolute Gasteiger partial charge is 0.241 e. The van der Waals surface area contributed by atoms with Gasteiger partial charge in [0.25, 0.3) is 0 Å². The number of carbonyl (C=O) groups excluding carboxylic acids is 2. The molecule has 0 spiro atoms. The largest absolute Gasteiger partial charge is 0.352 e. The van der Waals surface area contributed by atoms with Crippen LogP contribution in [0.3, 0.4) is 0 Å². The summed E-state index contributed by atoms with van der Waals surface area (Å²) in [5, 5.41) is 8.00. The van der Waals surface area contributed by atoms with Crippen molar-refractivity contribution >= 4 is 65.2 Å². The highest BCUT2D eigenvalue weighted by atomic mass is 32.1. The van der Waals surface area contributed by atoms with E-state index >= 15 is 0 Å². The number of fused-ring (bicyclic) bond motifs is 2. The number of piperidine rings is 2. The lowest BCUT2D eigenvalue weighted by Gasteiger charge is -2.35. The Morgan fingerprint density at radius 2 is 1.39 bits per heavy atom. The van der Waals surface area contributed by atoms with Gasteiger partial charge in [-0.2, -0.15) is 0 Å². The maximum Gasteiger partial charge on any atom is 0.241 e. The van der Waals surface area contributed by atoms with Gasteiger partial charge < -0.3 is 25.3 Å². The molecule has 1 aromatic carbocycles. The lowest BCUT2D eigenvalue weighted by atomic mass is 10.0. The van der Waals surface area contributed by atoms with E-state index < -0.39 is 0 Å². The number of aryl methyl sites for hydroxylation is 1. The number of hydrogen-bond donors (Lipinski definition) is 2. The molecule has 0 unspecified atom stereocenters. The molecule has 0 saturated carbocycles. The van der Waals surface area contributed by atoms with Crippen LogP contribution >= 0.6 is 22.7 Å². The molecule has 4 heterocycles. The molecular weight excluding hydrogens is 494 g/mol. The third-order valence-electron chi connectivity index (χ3n) is 7.32. The summed E-state index contributed by atoms with van der Waals surface area (Å²) in [6, 6.07) is 2.67. The number of hydrogen-bond acceptors (Lipinski definition) is 9. The van der Waals surface area contributed by atoms with Crippen LogP contribution in [-0.4, -0.2) is 95.9 Å². The predicted molar refractivity (Wildman–Crippen MR) is 148 cm³/mol. The summed E-state index contributed by atoms with van der Waals surface area (Å²) in [5.74, 6) is 0.265. The minimum Gasteiger partial charge on any atom is -0.352 e. The first-order valence-corrected chi connectivity index (χ1v) is 14.4. The van der Waals surface area contributed by atoms with Crippen LogP contribution in [0.15, 0.2) is 6.07 Å². The molecule has 0 aliphatic carbocycles. The summed E-state index contributed by atoms with van der Waals surface area (Å²) in [6.07, 6.45) is 5.44. The molecule has 0 radical (unpaired) electrons. The fraction of sp³-hybridized carbons (Fsp3) is 0.600. The van der Waals surface area contributed by atoms with E-state index in [4.69, 9.17) is 9.97 Å².